The van der Waals surface area contributed by atoms with Gasteiger partial charge in [-0.2, -0.15) is 4.98 Å². The highest BCUT2D eigenvalue weighted by molar-refractivity contribution is 5.86. The number of carboxylic acids is 1. The number of ether oxygens (including phenoxy) is 2. The Morgan fingerprint density at radius 1 is 1.48 bits per heavy atom. The number of aromatic nitrogens is 2. The number of methoxy groups -OCH3 is 1. The molecule has 2 heterocycles. The Kier molecular flexibility index (Phi) is 5.29. The van der Waals surface area contributed by atoms with E-state index in [1.54, 1.807) is 7.11 Å². The van der Waals surface area contributed by atoms with Crippen molar-refractivity contribution in [3.63, 3.8) is 0 Å². The molecule has 1 fully saturated rings. The number of rotatable bonds is 6. The average Bonchev–Trinajstić information content (AvgIpc) is 2.53. The van der Waals surface area contributed by atoms with E-state index in [0.29, 0.717) is 51.2 Å². The SMILES string of the molecule is COCCN(C)c1cc(C(=O)O)nc(N2CCOCC2)n1. The molecule has 1 N–H and O–H groups in total. The van der Waals surface area contributed by atoms with Crippen LogP contribution in [0.25, 0.3) is 0 Å². The van der Waals surface area contributed by atoms with E-state index in [9.17, 15) is 9.90 Å². The first-order valence-corrected chi connectivity index (χ1v) is 6.77. The third-order valence-corrected chi connectivity index (χ3v) is 3.24. The summed E-state index contributed by atoms with van der Waals surface area (Å²) in [6, 6.07) is 1.47. The van der Waals surface area contributed by atoms with Crippen LogP contribution in [0.1, 0.15) is 10.5 Å². The predicted molar refractivity (Wildman–Crippen MR) is 77.2 cm³/mol. The van der Waals surface area contributed by atoms with Crippen LogP contribution in [0, 0.1) is 0 Å². The Labute approximate surface area is 123 Å². The zero-order chi connectivity index (χ0) is 15.2. The Morgan fingerprint density at radius 2 is 2.19 bits per heavy atom. The third kappa shape index (κ3) is 4.02. The third-order valence-electron chi connectivity index (χ3n) is 3.24. The van der Waals surface area contributed by atoms with Crippen LogP contribution in [0.2, 0.25) is 0 Å². The first kappa shape index (κ1) is 15.5. The second-order valence-electron chi connectivity index (χ2n) is 4.73. The van der Waals surface area contributed by atoms with Gasteiger partial charge in [-0.25, -0.2) is 9.78 Å². The van der Waals surface area contributed by atoms with Gasteiger partial charge in [-0.15, -0.1) is 0 Å². The highest BCUT2D eigenvalue weighted by Crippen LogP contribution is 2.18. The molecular weight excluding hydrogens is 276 g/mol. The molecule has 0 spiro atoms. The predicted octanol–water partition coefficient (Wildman–Crippen LogP) is 0.0940. The lowest BCUT2D eigenvalue weighted by Crippen LogP contribution is -2.38. The summed E-state index contributed by atoms with van der Waals surface area (Å²) >= 11 is 0. The molecule has 0 atom stereocenters. The van der Waals surface area contributed by atoms with E-state index >= 15 is 0 Å². The van der Waals surface area contributed by atoms with Crippen LogP contribution in [-0.4, -0.2) is 74.7 Å². The molecular formula is C13H20N4O4. The van der Waals surface area contributed by atoms with Gasteiger partial charge < -0.3 is 24.4 Å². The van der Waals surface area contributed by atoms with Gasteiger partial charge in [-0.05, 0) is 0 Å². The van der Waals surface area contributed by atoms with Crippen molar-refractivity contribution in [3.05, 3.63) is 11.8 Å². The molecule has 0 radical (unpaired) electrons. The molecule has 2 rings (SSSR count). The van der Waals surface area contributed by atoms with E-state index < -0.39 is 5.97 Å². The van der Waals surface area contributed by atoms with Gasteiger partial charge in [0.05, 0.1) is 19.8 Å². The number of hydrogen-bond acceptors (Lipinski definition) is 7. The van der Waals surface area contributed by atoms with Crippen LogP contribution in [0.4, 0.5) is 11.8 Å². The first-order valence-electron chi connectivity index (χ1n) is 6.77. The van der Waals surface area contributed by atoms with Crippen molar-refractivity contribution in [1.82, 2.24) is 9.97 Å². The van der Waals surface area contributed by atoms with Crippen LogP contribution in [0.5, 0.6) is 0 Å². The van der Waals surface area contributed by atoms with E-state index in [-0.39, 0.29) is 5.69 Å². The molecule has 0 bridgehead atoms. The fraction of sp³-hybridized carbons (Fsp3) is 0.615. The van der Waals surface area contributed by atoms with E-state index in [1.165, 1.54) is 6.07 Å². The van der Waals surface area contributed by atoms with Gasteiger partial charge in [0.15, 0.2) is 5.69 Å². The highest BCUT2D eigenvalue weighted by atomic mass is 16.5. The lowest BCUT2D eigenvalue weighted by molar-refractivity contribution is 0.0690. The van der Waals surface area contributed by atoms with Crippen LogP contribution in [-0.2, 0) is 9.47 Å². The summed E-state index contributed by atoms with van der Waals surface area (Å²) in [5, 5.41) is 9.21. The zero-order valence-electron chi connectivity index (χ0n) is 12.3. The summed E-state index contributed by atoms with van der Waals surface area (Å²) < 4.78 is 10.3. The smallest absolute Gasteiger partial charge is 0.354 e. The minimum atomic E-state index is -1.06. The number of carbonyl (C=O) groups is 1. The molecule has 1 aromatic heterocycles. The number of aromatic carboxylic acids is 1. The molecule has 0 saturated carbocycles. The standard InChI is InChI=1S/C13H20N4O4/c1-16(3-6-20-2)11-9-10(12(18)19)14-13(15-11)17-4-7-21-8-5-17/h9H,3-8H2,1-2H3,(H,18,19). The second kappa shape index (κ2) is 7.19. The summed E-state index contributed by atoms with van der Waals surface area (Å²) in [7, 11) is 3.46. The van der Waals surface area contributed by atoms with Gasteiger partial charge >= 0.3 is 5.97 Å². The fourth-order valence-electron chi connectivity index (χ4n) is 1.97. The van der Waals surface area contributed by atoms with Gasteiger partial charge in [0.1, 0.15) is 5.82 Å². The van der Waals surface area contributed by atoms with Crippen LogP contribution >= 0.6 is 0 Å². The summed E-state index contributed by atoms with van der Waals surface area (Å²) in [6.45, 7) is 3.66. The first-order chi connectivity index (χ1) is 10.1. The largest absolute Gasteiger partial charge is 0.477 e. The molecule has 0 unspecified atom stereocenters. The minimum absolute atomic E-state index is 0.00856. The summed E-state index contributed by atoms with van der Waals surface area (Å²) in [4.78, 5) is 23.6. The maximum atomic E-state index is 11.2. The van der Waals surface area contributed by atoms with E-state index in [4.69, 9.17) is 9.47 Å². The molecule has 1 aliphatic rings. The molecule has 1 aliphatic heterocycles. The van der Waals surface area contributed by atoms with E-state index in [2.05, 4.69) is 9.97 Å². The van der Waals surface area contributed by atoms with Crippen molar-refractivity contribution in [2.45, 2.75) is 0 Å². The molecule has 1 saturated heterocycles. The Balaban J connectivity index is 2.26. The lowest BCUT2D eigenvalue weighted by atomic mass is 10.3. The van der Waals surface area contributed by atoms with Crippen LogP contribution < -0.4 is 9.80 Å². The molecule has 0 aliphatic carbocycles. The van der Waals surface area contributed by atoms with Crippen LogP contribution in [0.15, 0.2) is 6.07 Å². The molecule has 8 heteroatoms. The molecule has 0 amide bonds. The van der Waals surface area contributed by atoms with Gasteiger partial charge in [-0.3, -0.25) is 0 Å². The highest BCUT2D eigenvalue weighted by Gasteiger charge is 2.19. The topological polar surface area (TPSA) is 88.0 Å². The van der Waals surface area contributed by atoms with E-state index in [0.717, 1.165) is 0 Å². The normalized spacial score (nSPS) is 15.0. The van der Waals surface area contributed by atoms with Crippen molar-refractivity contribution >= 4 is 17.7 Å². The molecule has 8 nitrogen and oxygen atoms in total. The number of anilines is 2. The van der Waals surface area contributed by atoms with Gasteiger partial charge in [0.2, 0.25) is 5.95 Å². The summed E-state index contributed by atoms with van der Waals surface area (Å²) in [5.41, 5.74) is -0.00856. The molecule has 0 aromatic carbocycles. The Bertz CT molecular complexity index is 491. The number of carboxylic acid groups (broad SMARTS) is 1. The number of nitrogens with zero attached hydrogens (tertiary/aromatic N) is 4. The minimum Gasteiger partial charge on any atom is -0.477 e. The Morgan fingerprint density at radius 3 is 2.81 bits per heavy atom. The summed E-state index contributed by atoms with van der Waals surface area (Å²) in [5.74, 6) is -0.0632. The zero-order valence-corrected chi connectivity index (χ0v) is 12.3. The van der Waals surface area contributed by atoms with Crippen molar-refractivity contribution in [2.24, 2.45) is 0 Å². The number of likely N-dealkylation sites (N-methyl/N-ethyl adjacent to an activating group) is 1. The maximum Gasteiger partial charge on any atom is 0.354 e. The number of morpholine rings is 1. The molecule has 21 heavy (non-hydrogen) atoms. The number of hydrogen-bond donors (Lipinski definition) is 1. The maximum absolute atomic E-state index is 11.2. The quantitative estimate of drug-likeness (QED) is 0.790. The average molecular weight is 296 g/mol. The van der Waals surface area contributed by atoms with E-state index in [1.807, 2.05) is 16.8 Å². The van der Waals surface area contributed by atoms with Crippen molar-refractivity contribution < 1.29 is 19.4 Å². The molecule has 1 aromatic rings. The fourth-order valence-corrected chi connectivity index (χ4v) is 1.97. The second-order valence-corrected chi connectivity index (χ2v) is 4.73. The molecule has 116 valence electrons. The summed E-state index contributed by atoms with van der Waals surface area (Å²) in [6.07, 6.45) is 0. The monoisotopic (exact) mass is 296 g/mol. The van der Waals surface area contributed by atoms with Gasteiger partial charge in [-0.1, -0.05) is 0 Å². The Hall–Kier alpha value is -1.93. The lowest BCUT2D eigenvalue weighted by Gasteiger charge is -2.28. The van der Waals surface area contributed by atoms with Crippen molar-refractivity contribution in [2.75, 3.05) is 63.4 Å². The van der Waals surface area contributed by atoms with Crippen molar-refractivity contribution in [3.8, 4) is 0 Å². The van der Waals surface area contributed by atoms with Crippen molar-refractivity contribution in [1.29, 1.82) is 0 Å². The van der Waals surface area contributed by atoms with Gasteiger partial charge in [0.25, 0.3) is 0 Å². The van der Waals surface area contributed by atoms with Gasteiger partial charge in [0, 0.05) is 39.9 Å². The van der Waals surface area contributed by atoms with Crippen LogP contribution in [0.3, 0.4) is 0 Å².